The van der Waals surface area contributed by atoms with Crippen LogP contribution < -0.4 is 0 Å². The highest BCUT2D eigenvalue weighted by Crippen LogP contribution is 2.46. The highest BCUT2D eigenvalue weighted by molar-refractivity contribution is 6.28. The maximum Gasteiger partial charge on any atom is 0.0547 e. The highest BCUT2D eigenvalue weighted by Gasteiger charge is 2.21. The van der Waals surface area contributed by atoms with Crippen molar-refractivity contribution in [2.75, 3.05) is 0 Å². The minimum absolute atomic E-state index is 0.0363. The summed E-state index contributed by atoms with van der Waals surface area (Å²) in [6.45, 7) is 18.9. The van der Waals surface area contributed by atoms with Crippen LogP contribution in [-0.2, 0) is 5.41 Å². The first kappa shape index (κ1) is 39.1. The summed E-state index contributed by atoms with van der Waals surface area (Å²) < 4.78 is 2.46. The number of fused-ring (bicyclic) bond motifs is 9. The van der Waals surface area contributed by atoms with Gasteiger partial charge in [-0.15, -0.1) is 0 Å². The van der Waals surface area contributed by atoms with Crippen LogP contribution in [0, 0.1) is 0 Å². The highest BCUT2D eigenvalue weighted by atomic mass is 15.0. The zero-order valence-corrected chi connectivity index (χ0v) is 35.1. The molecule has 1 heteroatoms. The number of hydrogen-bond donors (Lipinski definition) is 0. The molecule has 0 atom stereocenters. The van der Waals surface area contributed by atoms with E-state index in [9.17, 15) is 0 Å². The summed E-state index contributed by atoms with van der Waals surface area (Å²) in [4.78, 5) is 0. The van der Waals surface area contributed by atoms with E-state index in [1.165, 1.54) is 92.7 Å². The average molecular weight is 742 g/mol. The third-order valence-corrected chi connectivity index (χ3v) is 10.9. The molecule has 0 spiro atoms. The van der Waals surface area contributed by atoms with E-state index in [-0.39, 0.29) is 5.41 Å². The molecule has 1 aromatic heterocycles. The second-order valence-corrected chi connectivity index (χ2v) is 14.9. The van der Waals surface area contributed by atoms with Crippen molar-refractivity contribution in [1.82, 2.24) is 4.57 Å². The first-order valence-electron chi connectivity index (χ1n) is 20.9. The molecule has 0 aliphatic carbocycles. The van der Waals surface area contributed by atoms with Crippen molar-refractivity contribution >= 4 is 64.9 Å². The van der Waals surface area contributed by atoms with Crippen LogP contribution in [0.5, 0.6) is 0 Å². The Labute approximate surface area is 339 Å². The molecule has 0 radical (unpaired) electrons. The van der Waals surface area contributed by atoms with Crippen molar-refractivity contribution in [3.63, 3.8) is 0 Å². The van der Waals surface area contributed by atoms with Gasteiger partial charge in [0, 0.05) is 16.5 Å². The fraction of sp³-hybridized carbons (Fsp3) is 0.179. The van der Waals surface area contributed by atoms with Crippen molar-refractivity contribution in [2.24, 2.45) is 0 Å². The fourth-order valence-corrected chi connectivity index (χ4v) is 8.48. The first-order valence-corrected chi connectivity index (χ1v) is 20.9. The van der Waals surface area contributed by atoms with Crippen LogP contribution in [0.15, 0.2) is 170 Å². The monoisotopic (exact) mass is 741 g/mol. The third-order valence-electron chi connectivity index (χ3n) is 10.9. The number of aromatic nitrogens is 1. The maximum absolute atomic E-state index is 2.46. The SMILES string of the molecule is CC.CC.CC.CC(C)(C)c1ccc2c(-c3ccc(-n4c5ccc6ccccc6c5c5c6ccccc6ccc54)cc3)c3ccccc3c(-c3ccccc3)c2c1. The van der Waals surface area contributed by atoms with Crippen LogP contribution in [0.1, 0.15) is 67.9 Å². The van der Waals surface area contributed by atoms with Gasteiger partial charge in [-0.25, -0.2) is 0 Å². The summed E-state index contributed by atoms with van der Waals surface area (Å²) in [5.41, 5.74) is 10.1. The normalized spacial score (nSPS) is 11.2. The molecular weight excluding hydrogens is 687 g/mol. The van der Waals surface area contributed by atoms with Gasteiger partial charge >= 0.3 is 0 Å². The summed E-state index contributed by atoms with van der Waals surface area (Å²) in [5.74, 6) is 0. The van der Waals surface area contributed by atoms with Gasteiger partial charge < -0.3 is 4.57 Å². The van der Waals surface area contributed by atoms with E-state index in [1.807, 2.05) is 41.5 Å². The first-order chi connectivity index (χ1) is 28.0. The zero-order valence-electron chi connectivity index (χ0n) is 35.1. The van der Waals surface area contributed by atoms with Crippen LogP contribution >= 0.6 is 0 Å². The third kappa shape index (κ3) is 6.76. The van der Waals surface area contributed by atoms with Crippen LogP contribution in [0.25, 0.3) is 92.8 Å². The molecule has 0 saturated carbocycles. The molecule has 0 aliphatic heterocycles. The van der Waals surface area contributed by atoms with Gasteiger partial charge in [0.2, 0.25) is 0 Å². The maximum atomic E-state index is 2.46. The molecule has 1 heterocycles. The van der Waals surface area contributed by atoms with Gasteiger partial charge in [-0.05, 0) is 107 Å². The van der Waals surface area contributed by atoms with E-state index in [2.05, 4.69) is 195 Å². The lowest BCUT2D eigenvalue weighted by molar-refractivity contribution is 0.591. The average Bonchev–Trinajstić information content (AvgIpc) is 3.63. The van der Waals surface area contributed by atoms with Crippen LogP contribution in [-0.4, -0.2) is 4.57 Å². The molecule has 0 amide bonds. The van der Waals surface area contributed by atoms with E-state index < -0.39 is 0 Å². The number of nitrogens with zero attached hydrogens (tertiary/aromatic N) is 1. The Morgan fingerprint density at radius 1 is 0.351 bits per heavy atom. The molecule has 0 fully saturated rings. The number of benzene rings is 9. The van der Waals surface area contributed by atoms with Gasteiger partial charge in [-0.2, -0.15) is 0 Å². The molecule has 1 nitrogen and oxygen atoms in total. The van der Waals surface area contributed by atoms with Crippen molar-refractivity contribution in [3.8, 4) is 27.9 Å². The van der Waals surface area contributed by atoms with E-state index in [1.54, 1.807) is 0 Å². The molecule has 0 N–H and O–H groups in total. The van der Waals surface area contributed by atoms with E-state index >= 15 is 0 Å². The Hall–Kier alpha value is -6.18. The van der Waals surface area contributed by atoms with Crippen LogP contribution in [0.3, 0.4) is 0 Å². The lowest BCUT2D eigenvalue weighted by Gasteiger charge is -2.23. The summed E-state index contributed by atoms with van der Waals surface area (Å²) in [7, 11) is 0. The summed E-state index contributed by atoms with van der Waals surface area (Å²) >= 11 is 0. The lowest BCUT2D eigenvalue weighted by atomic mass is 9.81. The van der Waals surface area contributed by atoms with Crippen LogP contribution in [0.2, 0.25) is 0 Å². The summed E-state index contributed by atoms with van der Waals surface area (Å²) in [6.07, 6.45) is 0. The smallest absolute Gasteiger partial charge is 0.0547 e. The second-order valence-electron chi connectivity index (χ2n) is 14.9. The number of rotatable bonds is 3. The molecule has 57 heavy (non-hydrogen) atoms. The van der Waals surface area contributed by atoms with Gasteiger partial charge in [-0.3, -0.25) is 0 Å². The minimum Gasteiger partial charge on any atom is -0.309 e. The Kier molecular flexibility index (Phi) is 11.3. The minimum atomic E-state index is 0.0363. The molecule has 284 valence electrons. The molecule has 0 bridgehead atoms. The van der Waals surface area contributed by atoms with Gasteiger partial charge in [0.25, 0.3) is 0 Å². The zero-order chi connectivity index (χ0) is 40.3. The molecular formula is C56H55N. The predicted molar refractivity (Wildman–Crippen MR) is 254 cm³/mol. The van der Waals surface area contributed by atoms with E-state index in [0.717, 1.165) is 5.69 Å². The molecule has 10 aromatic rings. The largest absolute Gasteiger partial charge is 0.309 e. The van der Waals surface area contributed by atoms with Gasteiger partial charge in [0.05, 0.1) is 11.0 Å². The fourth-order valence-electron chi connectivity index (χ4n) is 8.48. The lowest BCUT2D eigenvalue weighted by Crippen LogP contribution is -2.10. The quantitative estimate of drug-likeness (QED) is 0.159. The van der Waals surface area contributed by atoms with Gasteiger partial charge in [-0.1, -0.05) is 202 Å². The predicted octanol–water partition coefficient (Wildman–Crippen LogP) is 17.1. The summed E-state index contributed by atoms with van der Waals surface area (Å²) in [5, 5.41) is 12.9. The molecule has 9 aromatic carbocycles. The van der Waals surface area contributed by atoms with Crippen molar-refractivity contribution in [3.05, 3.63) is 175 Å². The number of hydrogen-bond acceptors (Lipinski definition) is 0. The van der Waals surface area contributed by atoms with Gasteiger partial charge in [0.15, 0.2) is 0 Å². The standard InChI is InChI=1S/C50H37N.3C2H6/c1-50(2,3)36-25-28-42-43(31-36)47(34-15-5-4-6-16-34)41-20-12-11-19-40(41)46(42)35-21-26-37(27-22-35)51-44-29-23-32-13-7-9-17-38(32)48(44)49-39-18-10-8-14-33(39)24-30-45(49)51;3*1-2/h4-31H,1-3H3;3*1-2H3. The van der Waals surface area contributed by atoms with Crippen LogP contribution in [0.4, 0.5) is 0 Å². The summed E-state index contributed by atoms with van der Waals surface area (Å²) in [6, 6.07) is 63.0. The van der Waals surface area contributed by atoms with Crippen molar-refractivity contribution in [1.29, 1.82) is 0 Å². The van der Waals surface area contributed by atoms with E-state index in [0.29, 0.717) is 0 Å². The Balaban J connectivity index is 0.000000792. The second kappa shape index (κ2) is 16.5. The Morgan fingerprint density at radius 2 is 0.772 bits per heavy atom. The Morgan fingerprint density at radius 3 is 1.28 bits per heavy atom. The molecule has 0 aliphatic rings. The molecule has 0 unspecified atom stereocenters. The van der Waals surface area contributed by atoms with E-state index in [4.69, 9.17) is 0 Å². The topological polar surface area (TPSA) is 4.93 Å². The van der Waals surface area contributed by atoms with Gasteiger partial charge in [0.1, 0.15) is 0 Å². The Bertz CT molecular complexity index is 2880. The van der Waals surface area contributed by atoms with Crippen molar-refractivity contribution < 1.29 is 0 Å². The molecule has 10 rings (SSSR count). The molecule has 0 saturated heterocycles. The van der Waals surface area contributed by atoms with Crippen molar-refractivity contribution in [2.45, 2.75) is 67.7 Å².